The summed E-state index contributed by atoms with van der Waals surface area (Å²) in [4.78, 5) is 25.2. The molecule has 1 aromatic heterocycles. The first-order chi connectivity index (χ1) is 12.9. The van der Waals surface area contributed by atoms with Crippen molar-refractivity contribution in [3.05, 3.63) is 52.4 Å². The number of nitrogens with one attached hydrogen (secondary N) is 3. The van der Waals surface area contributed by atoms with Gasteiger partial charge in [0.15, 0.2) is 0 Å². The van der Waals surface area contributed by atoms with Crippen molar-refractivity contribution in [2.45, 2.75) is 26.7 Å². The van der Waals surface area contributed by atoms with E-state index in [1.165, 1.54) is 6.26 Å². The number of piperidine rings is 1. The minimum Gasteiger partial charge on any atom is -0.469 e. The summed E-state index contributed by atoms with van der Waals surface area (Å²) in [6, 6.07) is 6.44. The second-order valence-corrected chi connectivity index (χ2v) is 7.71. The highest BCUT2D eigenvalue weighted by Gasteiger charge is 2.27. The molecule has 0 atom stereocenters. The number of hydrogen-bond donors (Lipinski definition) is 3. The highest BCUT2D eigenvalue weighted by atomic mass is 35.5. The lowest BCUT2D eigenvalue weighted by atomic mass is 9.81. The zero-order chi connectivity index (χ0) is 19.4. The summed E-state index contributed by atoms with van der Waals surface area (Å²) in [6.45, 7) is 6.39. The molecule has 1 aromatic carbocycles. The number of carbonyl (C=O) groups is 2. The van der Waals surface area contributed by atoms with Gasteiger partial charge in [0.1, 0.15) is 5.76 Å². The zero-order valence-corrected chi connectivity index (χ0v) is 16.3. The first kappa shape index (κ1) is 19.5. The van der Waals surface area contributed by atoms with E-state index in [-0.39, 0.29) is 17.2 Å². The molecule has 1 aliphatic heterocycles. The van der Waals surface area contributed by atoms with Crippen LogP contribution < -0.4 is 16.0 Å². The Hall–Kier alpha value is -2.31. The smallest absolute Gasteiger partial charge is 0.259 e. The molecule has 2 heterocycles. The van der Waals surface area contributed by atoms with Crippen molar-refractivity contribution in [1.29, 1.82) is 0 Å². The monoisotopic (exact) mass is 389 g/mol. The van der Waals surface area contributed by atoms with E-state index in [1.807, 2.05) is 0 Å². The third-order valence-electron chi connectivity index (χ3n) is 5.06. The van der Waals surface area contributed by atoms with Crippen LogP contribution in [0.3, 0.4) is 0 Å². The number of halogens is 1. The fourth-order valence-electron chi connectivity index (χ4n) is 3.22. The van der Waals surface area contributed by atoms with Crippen LogP contribution >= 0.6 is 11.6 Å². The lowest BCUT2D eigenvalue weighted by Crippen LogP contribution is -2.43. The molecule has 27 heavy (non-hydrogen) atoms. The molecule has 144 valence electrons. The third kappa shape index (κ3) is 4.70. The van der Waals surface area contributed by atoms with Crippen molar-refractivity contribution >= 4 is 29.1 Å². The molecule has 0 bridgehead atoms. The lowest BCUT2D eigenvalue weighted by Gasteiger charge is -2.34. The molecule has 2 amide bonds. The van der Waals surface area contributed by atoms with E-state index in [1.54, 1.807) is 31.2 Å². The van der Waals surface area contributed by atoms with Gasteiger partial charge in [0.25, 0.3) is 11.8 Å². The van der Waals surface area contributed by atoms with Gasteiger partial charge < -0.3 is 20.4 Å². The van der Waals surface area contributed by atoms with Crippen LogP contribution in [0.2, 0.25) is 5.02 Å². The molecule has 0 saturated carbocycles. The average Bonchev–Trinajstić information content (AvgIpc) is 3.07. The molecule has 3 N–H and O–H groups in total. The Morgan fingerprint density at radius 1 is 1.19 bits per heavy atom. The lowest BCUT2D eigenvalue weighted by molar-refractivity contribution is 0.0923. The van der Waals surface area contributed by atoms with Gasteiger partial charge >= 0.3 is 0 Å². The van der Waals surface area contributed by atoms with Crippen molar-refractivity contribution in [2.75, 3.05) is 25.0 Å². The molecule has 1 saturated heterocycles. The summed E-state index contributed by atoms with van der Waals surface area (Å²) < 4.78 is 5.17. The molecule has 3 rings (SSSR count). The van der Waals surface area contributed by atoms with Crippen molar-refractivity contribution < 1.29 is 14.0 Å². The quantitative estimate of drug-likeness (QED) is 0.729. The molecular weight excluding hydrogens is 366 g/mol. The Morgan fingerprint density at radius 2 is 1.93 bits per heavy atom. The van der Waals surface area contributed by atoms with E-state index in [9.17, 15) is 9.59 Å². The molecule has 7 heteroatoms. The zero-order valence-electron chi connectivity index (χ0n) is 15.5. The molecule has 0 spiro atoms. The maximum Gasteiger partial charge on any atom is 0.259 e. The van der Waals surface area contributed by atoms with E-state index < -0.39 is 0 Å². The number of aryl methyl sites for hydroxylation is 1. The molecule has 1 aliphatic rings. The van der Waals surface area contributed by atoms with Gasteiger partial charge in [-0.1, -0.05) is 18.5 Å². The van der Waals surface area contributed by atoms with Crippen LogP contribution in [0.25, 0.3) is 0 Å². The van der Waals surface area contributed by atoms with Crippen molar-refractivity contribution in [3.63, 3.8) is 0 Å². The van der Waals surface area contributed by atoms with E-state index >= 15 is 0 Å². The van der Waals surface area contributed by atoms with Crippen LogP contribution in [0.15, 0.2) is 34.9 Å². The number of anilines is 1. The van der Waals surface area contributed by atoms with Gasteiger partial charge in [-0.3, -0.25) is 9.59 Å². The number of benzene rings is 1. The predicted molar refractivity (Wildman–Crippen MR) is 105 cm³/mol. The van der Waals surface area contributed by atoms with Crippen molar-refractivity contribution in [3.8, 4) is 0 Å². The highest BCUT2D eigenvalue weighted by Crippen LogP contribution is 2.27. The van der Waals surface area contributed by atoms with E-state index in [4.69, 9.17) is 16.0 Å². The second-order valence-electron chi connectivity index (χ2n) is 7.28. The van der Waals surface area contributed by atoms with Crippen LogP contribution in [0.1, 0.15) is 46.2 Å². The Labute approximate surface area is 163 Å². The molecule has 1 fully saturated rings. The van der Waals surface area contributed by atoms with Crippen molar-refractivity contribution in [1.82, 2.24) is 10.6 Å². The van der Waals surface area contributed by atoms with Gasteiger partial charge in [-0.05, 0) is 62.5 Å². The predicted octanol–water partition coefficient (Wildman–Crippen LogP) is 3.61. The number of furan rings is 1. The van der Waals surface area contributed by atoms with Crippen LogP contribution in [-0.2, 0) is 0 Å². The van der Waals surface area contributed by atoms with E-state index in [0.717, 1.165) is 25.9 Å². The summed E-state index contributed by atoms with van der Waals surface area (Å²) in [5.41, 5.74) is 1.25. The number of carbonyl (C=O) groups excluding carboxylic acids is 2. The van der Waals surface area contributed by atoms with E-state index in [0.29, 0.717) is 34.1 Å². The van der Waals surface area contributed by atoms with Crippen LogP contribution in [0.4, 0.5) is 5.69 Å². The molecule has 0 unspecified atom stereocenters. The molecule has 0 radical (unpaired) electrons. The van der Waals surface area contributed by atoms with Crippen LogP contribution in [-0.4, -0.2) is 31.4 Å². The number of amides is 2. The Kier molecular flexibility index (Phi) is 5.87. The maximum absolute atomic E-state index is 12.8. The minimum atomic E-state index is -0.345. The third-order valence-corrected chi connectivity index (χ3v) is 5.30. The largest absolute Gasteiger partial charge is 0.469 e. The van der Waals surface area contributed by atoms with Gasteiger partial charge in [0.05, 0.1) is 23.1 Å². The molecule has 6 nitrogen and oxygen atoms in total. The second kappa shape index (κ2) is 8.15. The Balaban J connectivity index is 1.74. The standard InChI is InChI=1S/C20H24ClN3O3/c1-13-15(5-10-27-13)19(26)24-17-11-14(21)3-4-16(17)18(25)23-12-20(2)6-8-22-9-7-20/h3-5,10-11,22H,6-9,12H2,1-2H3,(H,23,25)(H,24,26). The highest BCUT2D eigenvalue weighted by molar-refractivity contribution is 6.31. The van der Waals surface area contributed by atoms with E-state index in [2.05, 4.69) is 22.9 Å². The average molecular weight is 390 g/mol. The fourth-order valence-corrected chi connectivity index (χ4v) is 3.40. The minimum absolute atomic E-state index is 0.0741. The Bertz CT molecular complexity index is 841. The summed E-state index contributed by atoms with van der Waals surface area (Å²) >= 11 is 6.07. The summed E-state index contributed by atoms with van der Waals surface area (Å²) in [6.07, 6.45) is 3.48. The normalized spacial score (nSPS) is 16.0. The maximum atomic E-state index is 12.8. The first-order valence-electron chi connectivity index (χ1n) is 9.02. The Morgan fingerprint density at radius 3 is 2.59 bits per heavy atom. The van der Waals surface area contributed by atoms with Crippen molar-refractivity contribution in [2.24, 2.45) is 5.41 Å². The topological polar surface area (TPSA) is 83.4 Å². The van der Waals surface area contributed by atoms with Gasteiger partial charge in [-0.15, -0.1) is 0 Å². The van der Waals surface area contributed by atoms with Gasteiger partial charge in [0, 0.05) is 11.6 Å². The first-order valence-corrected chi connectivity index (χ1v) is 9.40. The number of hydrogen-bond acceptors (Lipinski definition) is 4. The van der Waals surface area contributed by atoms with Gasteiger partial charge in [-0.25, -0.2) is 0 Å². The summed E-state index contributed by atoms with van der Waals surface area (Å²) in [5, 5.41) is 9.55. The fraction of sp³-hybridized carbons (Fsp3) is 0.400. The van der Waals surface area contributed by atoms with Gasteiger partial charge in [-0.2, -0.15) is 0 Å². The SMILES string of the molecule is Cc1occc1C(=O)Nc1cc(Cl)ccc1C(=O)NCC1(C)CCNCC1. The molecule has 0 aliphatic carbocycles. The molecular formula is C20H24ClN3O3. The van der Waals surface area contributed by atoms with Crippen LogP contribution in [0.5, 0.6) is 0 Å². The summed E-state index contributed by atoms with van der Waals surface area (Å²) in [5.74, 6) is -0.0621. The van der Waals surface area contributed by atoms with Crippen LogP contribution in [0, 0.1) is 12.3 Å². The van der Waals surface area contributed by atoms with Gasteiger partial charge in [0.2, 0.25) is 0 Å². The number of rotatable bonds is 5. The summed E-state index contributed by atoms with van der Waals surface area (Å²) in [7, 11) is 0. The molecule has 2 aromatic rings.